The summed E-state index contributed by atoms with van der Waals surface area (Å²) in [6, 6.07) is 2.78. The normalized spacial score (nSPS) is 16.8. The molecule has 1 amide bonds. The molecule has 2 rings (SSSR count). The summed E-state index contributed by atoms with van der Waals surface area (Å²) in [6.07, 6.45) is -0.517. The van der Waals surface area contributed by atoms with Gasteiger partial charge in [-0.15, -0.1) is 0 Å². The fourth-order valence-electron chi connectivity index (χ4n) is 1.86. The number of carbonyl (C=O) groups is 1. The molecule has 3 N–H and O–H groups in total. The van der Waals surface area contributed by atoms with Crippen molar-refractivity contribution in [2.75, 3.05) is 18.5 Å². The van der Waals surface area contributed by atoms with Crippen molar-refractivity contribution >= 4 is 23.4 Å². The number of hydrogen-bond donors (Lipinski definition) is 2. The van der Waals surface area contributed by atoms with Crippen LogP contribution in [0.5, 0.6) is 0 Å². The van der Waals surface area contributed by atoms with Gasteiger partial charge in [0, 0.05) is 17.0 Å². The van der Waals surface area contributed by atoms with Gasteiger partial charge in [0.1, 0.15) is 0 Å². The lowest BCUT2D eigenvalue weighted by atomic mass is 10.1. The highest BCUT2D eigenvalue weighted by atomic mass is 32.2. The summed E-state index contributed by atoms with van der Waals surface area (Å²) >= 11 is 1.66. The molecular weight excluding hydrogens is 289 g/mol. The van der Waals surface area contributed by atoms with Gasteiger partial charge in [-0.1, -0.05) is 0 Å². The predicted molar refractivity (Wildman–Crippen MR) is 73.7 cm³/mol. The van der Waals surface area contributed by atoms with Gasteiger partial charge in [0.15, 0.2) is 0 Å². The third kappa shape index (κ3) is 3.20. The van der Waals surface area contributed by atoms with Gasteiger partial charge in [-0.05, 0) is 37.3 Å². The van der Waals surface area contributed by atoms with Gasteiger partial charge in [-0.2, -0.15) is 24.9 Å². The number of rotatable bonds is 4. The van der Waals surface area contributed by atoms with Crippen molar-refractivity contribution in [3.63, 3.8) is 0 Å². The van der Waals surface area contributed by atoms with Crippen molar-refractivity contribution in [3.8, 4) is 0 Å². The maximum absolute atomic E-state index is 12.6. The molecule has 0 unspecified atom stereocenters. The maximum atomic E-state index is 12.6. The molecule has 7 heteroatoms. The average molecular weight is 304 g/mol. The fourth-order valence-corrected chi connectivity index (χ4v) is 2.59. The molecule has 3 nitrogen and oxygen atoms in total. The zero-order chi connectivity index (χ0) is 15.0. The quantitative estimate of drug-likeness (QED) is 0.841. The Bertz CT molecular complexity index is 527. The molecule has 1 aromatic carbocycles. The molecule has 0 bridgehead atoms. The van der Waals surface area contributed by atoms with Gasteiger partial charge >= 0.3 is 6.18 Å². The van der Waals surface area contributed by atoms with Crippen LogP contribution in [0, 0.1) is 0 Å². The molecule has 20 heavy (non-hydrogen) atoms. The Balaban J connectivity index is 2.13. The van der Waals surface area contributed by atoms with E-state index >= 15 is 0 Å². The maximum Gasteiger partial charge on any atom is 0.416 e. The summed E-state index contributed by atoms with van der Waals surface area (Å²) < 4.78 is 37.9. The molecule has 0 aliphatic heterocycles. The summed E-state index contributed by atoms with van der Waals surface area (Å²) in [5.41, 5.74) is 4.63. The Hall–Kier alpha value is -1.37. The first-order chi connectivity index (χ1) is 9.27. The van der Waals surface area contributed by atoms with Crippen LogP contribution in [0.1, 0.15) is 28.8 Å². The zero-order valence-electron chi connectivity index (χ0n) is 10.9. The molecule has 0 aromatic heterocycles. The van der Waals surface area contributed by atoms with Crippen LogP contribution in [0.4, 0.5) is 18.9 Å². The SMILES string of the molecule is CSC1(CNC(=O)c2cc(C(F)(F)F)ccc2N)CC1. The standard InChI is InChI=1S/C13H15F3N2OS/c1-20-12(4-5-12)7-18-11(19)9-6-8(13(14,15)16)2-3-10(9)17/h2-3,6H,4-5,7,17H2,1H3,(H,18,19). The lowest BCUT2D eigenvalue weighted by molar-refractivity contribution is -0.137. The van der Waals surface area contributed by atoms with Gasteiger partial charge in [-0.25, -0.2) is 0 Å². The molecule has 0 atom stereocenters. The number of nitrogen functional groups attached to an aromatic ring is 1. The third-order valence-corrected chi connectivity index (χ3v) is 4.86. The van der Waals surface area contributed by atoms with E-state index in [1.807, 2.05) is 6.26 Å². The van der Waals surface area contributed by atoms with E-state index < -0.39 is 17.6 Å². The van der Waals surface area contributed by atoms with E-state index in [2.05, 4.69) is 5.32 Å². The summed E-state index contributed by atoms with van der Waals surface area (Å²) in [5.74, 6) is -0.561. The van der Waals surface area contributed by atoms with E-state index in [1.165, 1.54) is 0 Å². The number of anilines is 1. The molecule has 0 saturated heterocycles. The minimum Gasteiger partial charge on any atom is -0.398 e. The van der Waals surface area contributed by atoms with Crippen LogP contribution in [0.2, 0.25) is 0 Å². The van der Waals surface area contributed by atoms with Crippen LogP contribution in [0.3, 0.4) is 0 Å². The lowest BCUT2D eigenvalue weighted by Crippen LogP contribution is -2.32. The van der Waals surface area contributed by atoms with Crippen molar-refractivity contribution in [2.24, 2.45) is 0 Å². The highest BCUT2D eigenvalue weighted by molar-refractivity contribution is 8.00. The molecule has 1 aliphatic carbocycles. The molecule has 0 spiro atoms. The van der Waals surface area contributed by atoms with Gasteiger partial charge in [0.2, 0.25) is 0 Å². The molecule has 1 fully saturated rings. The van der Waals surface area contributed by atoms with Crippen molar-refractivity contribution < 1.29 is 18.0 Å². The van der Waals surface area contributed by atoms with Crippen LogP contribution in [-0.4, -0.2) is 23.5 Å². The number of alkyl halides is 3. The summed E-state index contributed by atoms with van der Waals surface area (Å²) in [4.78, 5) is 12.0. The monoisotopic (exact) mass is 304 g/mol. The van der Waals surface area contributed by atoms with Crippen LogP contribution in [0.25, 0.3) is 0 Å². The van der Waals surface area contributed by atoms with E-state index in [0.717, 1.165) is 31.0 Å². The number of thioether (sulfide) groups is 1. The molecule has 1 aliphatic rings. The van der Waals surface area contributed by atoms with Gasteiger partial charge < -0.3 is 11.1 Å². The minimum atomic E-state index is -4.49. The average Bonchev–Trinajstić information content (AvgIpc) is 3.16. The van der Waals surface area contributed by atoms with Gasteiger partial charge in [-0.3, -0.25) is 4.79 Å². The number of hydrogen-bond acceptors (Lipinski definition) is 3. The van der Waals surface area contributed by atoms with Crippen molar-refractivity contribution in [3.05, 3.63) is 29.3 Å². The minimum absolute atomic E-state index is 0.0458. The third-order valence-electron chi connectivity index (χ3n) is 3.44. The second-order valence-corrected chi connectivity index (χ2v) is 6.14. The number of benzene rings is 1. The topological polar surface area (TPSA) is 55.1 Å². The second kappa shape index (κ2) is 5.20. The molecular formula is C13H15F3N2OS. The Morgan fingerprint density at radius 2 is 2.10 bits per heavy atom. The number of nitrogens with two attached hydrogens (primary N) is 1. The Kier molecular flexibility index (Phi) is 3.90. The first-order valence-corrected chi connectivity index (χ1v) is 7.30. The van der Waals surface area contributed by atoms with E-state index in [9.17, 15) is 18.0 Å². The zero-order valence-corrected chi connectivity index (χ0v) is 11.7. The van der Waals surface area contributed by atoms with Crippen LogP contribution in [0.15, 0.2) is 18.2 Å². The summed E-state index contributed by atoms with van der Waals surface area (Å²) in [7, 11) is 0. The largest absolute Gasteiger partial charge is 0.416 e. The van der Waals surface area contributed by atoms with Crippen LogP contribution in [-0.2, 0) is 6.18 Å². The Labute approximate surface area is 119 Å². The highest BCUT2D eigenvalue weighted by Gasteiger charge is 2.42. The van der Waals surface area contributed by atoms with Crippen molar-refractivity contribution in [1.82, 2.24) is 5.32 Å². The van der Waals surface area contributed by atoms with E-state index in [4.69, 9.17) is 5.73 Å². The number of halogens is 3. The van der Waals surface area contributed by atoms with Gasteiger partial charge in [0.25, 0.3) is 5.91 Å². The Morgan fingerprint density at radius 1 is 1.45 bits per heavy atom. The van der Waals surface area contributed by atoms with E-state index in [0.29, 0.717) is 6.54 Å². The first kappa shape index (κ1) is 15.0. The smallest absolute Gasteiger partial charge is 0.398 e. The molecule has 110 valence electrons. The highest BCUT2D eigenvalue weighted by Crippen LogP contribution is 2.46. The predicted octanol–water partition coefficient (Wildman–Crippen LogP) is 2.91. The van der Waals surface area contributed by atoms with Gasteiger partial charge in [0.05, 0.1) is 11.1 Å². The summed E-state index contributed by atoms with van der Waals surface area (Å²) in [5, 5.41) is 2.67. The molecule has 1 saturated carbocycles. The van der Waals surface area contributed by atoms with Crippen molar-refractivity contribution in [2.45, 2.75) is 23.8 Å². The van der Waals surface area contributed by atoms with E-state index in [1.54, 1.807) is 11.8 Å². The number of carbonyl (C=O) groups excluding carboxylic acids is 1. The first-order valence-electron chi connectivity index (χ1n) is 6.07. The van der Waals surface area contributed by atoms with Crippen molar-refractivity contribution in [1.29, 1.82) is 0 Å². The molecule has 1 aromatic rings. The lowest BCUT2D eigenvalue weighted by Gasteiger charge is -2.15. The summed E-state index contributed by atoms with van der Waals surface area (Å²) in [6.45, 7) is 0.447. The molecule has 0 radical (unpaired) electrons. The molecule has 0 heterocycles. The van der Waals surface area contributed by atoms with E-state index in [-0.39, 0.29) is 16.0 Å². The number of nitrogens with one attached hydrogen (secondary N) is 1. The fraction of sp³-hybridized carbons (Fsp3) is 0.462. The number of amides is 1. The van der Waals surface area contributed by atoms with Crippen LogP contribution < -0.4 is 11.1 Å². The van der Waals surface area contributed by atoms with Crippen LogP contribution >= 0.6 is 11.8 Å². The Morgan fingerprint density at radius 3 is 2.60 bits per heavy atom. The second-order valence-electron chi connectivity index (χ2n) is 4.87.